The molecular weight excluding hydrogens is 210 g/mol. The summed E-state index contributed by atoms with van der Waals surface area (Å²) in [5.74, 6) is 1.01. The average Bonchev–Trinajstić information content (AvgIpc) is 2.75. The largest absolute Gasteiger partial charge is 0.356 e. The molecule has 0 saturated heterocycles. The van der Waals surface area contributed by atoms with Crippen LogP contribution in [0.25, 0.3) is 11.3 Å². The molecule has 2 aromatic rings. The first-order chi connectivity index (χ1) is 8.24. The number of hydrogen-bond donors (Lipinski definition) is 1. The number of aryl methyl sites for hydroxylation is 3. The number of nitrogens with zero attached hydrogens (tertiary/aromatic N) is 2. The fourth-order valence-corrected chi connectivity index (χ4v) is 2.32. The number of nitrogens with one attached hydrogen (secondary N) is 1. The Labute approximate surface area is 101 Å². The van der Waals surface area contributed by atoms with E-state index in [2.05, 4.69) is 53.1 Å². The lowest BCUT2D eigenvalue weighted by Crippen LogP contribution is -2.16. The minimum atomic E-state index is 1.01. The third kappa shape index (κ3) is 1.82. The Balaban J connectivity index is 2.08. The highest BCUT2D eigenvalue weighted by molar-refractivity contribution is 5.65. The summed E-state index contributed by atoms with van der Waals surface area (Å²) in [6.45, 7) is 6.36. The van der Waals surface area contributed by atoms with Crippen molar-refractivity contribution in [3.63, 3.8) is 0 Å². The average molecular weight is 227 g/mol. The standard InChI is InChI=1S/C14H17N3/c1-10-4-5-11(2)12(8-10)13-9-17-7-3-6-15-14(17)16-13/h4-5,8-9H,3,6-7H2,1-2H3,(H,15,16). The second kappa shape index (κ2) is 3.91. The van der Waals surface area contributed by atoms with E-state index in [0.29, 0.717) is 0 Å². The van der Waals surface area contributed by atoms with E-state index < -0.39 is 0 Å². The van der Waals surface area contributed by atoms with E-state index in [9.17, 15) is 0 Å². The molecule has 0 saturated carbocycles. The number of aromatic nitrogens is 2. The smallest absolute Gasteiger partial charge is 0.203 e. The fourth-order valence-electron chi connectivity index (χ4n) is 2.32. The highest BCUT2D eigenvalue weighted by atomic mass is 15.2. The van der Waals surface area contributed by atoms with Crippen LogP contribution in [0.5, 0.6) is 0 Å². The van der Waals surface area contributed by atoms with Gasteiger partial charge in [0.15, 0.2) is 0 Å². The third-order valence-corrected chi connectivity index (χ3v) is 3.30. The van der Waals surface area contributed by atoms with Crippen LogP contribution in [-0.2, 0) is 6.54 Å². The molecular formula is C14H17N3. The maximum absolute atomic E-state index is 4.67. The molecule has 17 heavy (non-hydrogen) atoms. The predicted molar refractivity (Wildman–Crippen MR) is 70.2 cm³/mol. The summed E-state index contributed by atoms with van der Waals surface area (Å²) < 4.78 is 2.21. The summed E-state index contributed by atoms with van der Waals surface area (Å²) in [6.07, 6.45) is 3.33. The Hall–Kier alpha value is -1.77. The van der Waals surface area contributed by atoms with E-state index in [1.54, 1.807) is 0 Å². The first-order valence-corrected chi connectivity index (χ1v) is 6.13. The Morgan fingerprint density at radius 1 is 1.29 bits per heavy atom. The molecule has 1 aromatic carbocycles. The Kier molecular flexibility index (Phi) is 2.39. The molecule has 3 heteroatoms. The van der Waals surface area contributed by atoms with Crippen molar-refractivity contribution in [3.8, 4) is 11.3 Å². The van der Waals surface area contributed by atoms with E-state index >= 15 is 0 Å². The second-order valence-electron chi connectivity index (χ2n) is 4.74. The summed E-state index contributed by atoms with van der Waals surface area (Å²) in [5, 5.41) is 3.34. The lowest BCUT2D eigenvalue weighted by Gasteiger charge is -2.14. The van der Waals surface area contributed by atoms with Crippen molar-refractivity contribution in [2.45, 2.75) is 26.8 Å². The Morgan fingerprint density at radius 3 is 3.00 bits per heavy atom. The second-order valence-corrected chi connectivity index (χ2v) is 4.74. The van der Waals surface area contributed by atoms with Crippen LogP contribution in [0.15, 0.2) is 24.4 Å². The van der Waals surface area contributed by atoms with Crippen LogP contribution in [0.4, 0.5) is 5.95 Å². The van der Waals surface area contributed by atoms with Gasteiger partial charge in [-0.3, -0.25) is 0 Å². The lowest BCUT2D eigenvalue weighted by molar-refractivity contribution is 0.627. The molecule has 2 heterocycles. The van der Waals surface area contributed by atoms with Gasteiger partial charge in [-0.2, -0.15) is 0 Å². The van der Waals surface area contributed by atoms with Crippen molar-refractivity contribution < 1.29 is 0 Å². The van der Waals surface area contributed by atoms with Crippen molar-refractivity contribution in [1.82, 2.24) is 9.55 Å². The molecule has 1 N–H and O–H groups in total. The highest BCUT2D eigenvalue weighted by Crippen LogP contribution is 2.26. The van der Waals surface area contributed by atoms with Gasteiger partial charge in [0.1, 0.15) is 0 Å². The number of benzene rings is 1. The summed E-state index contributed by atoms with van der Waals surface area (Å²) in [7, 11) is 0. The number of rotatable bonds is 1. The van der Waals surface area contributed by atoms with Crippen LogP contribution in [-0.4, -0.2) is 16.1 Å². The zero-order valence-electron chi connectivity index (χ0n) is 10.3. The maximum Gasteiger partial charge on any atom is 0.203 e. The van der Waals surface area contributed by atoms with Crippen LogP contribution < -0.4 is 5.32 Å². The molecule has 3 nitrogen and oxygen atoms in total. The topological polar surface area (TPSA) is 29.9 Å². The molecule has 0 unspecified atom stereocenters. The van der Waals surface area contributed by atoms with E-state index in [1.165, 1.54) is 23.1 Å². The van der Waals surface area contributed by atoms with Gasteiger partial charge < -0.3 is 9.88 Å². The minimum absolute atomic E-state index is 1.01. The molecule has 0 radical (unpaired) electrons. The van der Waals surface area contributed by atoms with Crippen molar-refractivity contribution in [1.29, 1.82) is 0 Å². The van der Waals surface area contributed by atoms with E-state index in [-0.39, 0.29) is 0 Å². The van der Waals surface area contributed by atoms with Crippen molar-refractivity contribution >= 4 is 5.95 Å². The molecule has 0 atom stereocenters. The number of anilines is 1. The van der Waals surface area contributed by atoms with Gasteiger partial charge in [-0.25, -0.2) is 4.98 Å². The highest BCUT2D eigenvalue weighted by Gasteiger charge is 2.13. The fraction of sp³-hybridized carbons (Fsp3) is 0.357. The maximum atomic E-state index is 4.67. The number of fused-ring (bicyclic) bond motifs is 1. The SMILES string of the molecule is Cc1ccc(C)c(-c2cn3c(n2)NCCC3)c1. The summed E-state index contributed by atoms with van der Waals surface area (Å²) in [5.41, 5.74) is 4.89. The zero-order chi connectivity index (χ0) is 11.8. The molecule has 1 aliphatic heterocycles. The van der Waals surface area contributed by atoms with Gasteiger partial charge in [0.05, 0.1) is 5.69 Å². The molecule has 88 valence electrons. The quantitative estimate of drug-likeness (QED) is 0.811. The van der Waals surface area contributed by atoms with Gasteiger partial charge in [0.25, 0.3) is 0 Å². The Bertz CT molecular complexity index is 531. The van der Waals surface area contributed by atoms with Gasteiger partial charge >= 0.3 is 0 Å². The zero-order valence-corrected chi connectivity index (χ0v) is 10.3. The minimum Gasteiger partial charge on any atom is -0.356 e. The number of hydrogen-bond acceptors (Lipinski definition) is 2. The van der Waals surface area contributed by atoms with Crippen molar-refractivity contribution in [2.24, 2.45) is 0 Å². The van der Waals surface area contributed by atoms with Crippen LogP contribution in [0.2, 0.25) is 0 Å². The van der Waals surface area contributed by atoms with Crippen molar-refractivity contribution in [2.75, 3.05) is 11.9 Å². The summed E-state index contributed by atoms with van der Waals surface area (Å²) >= 11 is 0. The van der Waals surface area contributed by atoms with Gasteiger partial charge in [-0.05, 0) is 31.9 Å². The first-order valence-electron chi connectivity index (χ1n) is 6.13. The number of imidazole rings is 1. The Morgan fingerprint density at radius 2 is 2.18 bits per heavy atom. The van der Waals surface area contributed by atoms with Gasteiger partial charge in [-0.15, -0.1) is 0 Å². The molecule has 0 aliphatic carbocycles. The normalized spacial score (nSPS) is 14.2. The van der Waals surface area contributed by atoms with Gasteiger partial charge in [-0.1, -0.05) is 17.7 Å². The van der Waals surface area contributed by atoms with E-state index in [1.807, 2.05) is 0 Å². The molecule has 0 bridgehead atoms. The van der Waals surface area contributed by atoms with Crippen LogP contribution in [0.3, 0.4) is 0 Å². The van der Waals surface area contributed by atoms with Gasteiger partial charge in [0.2, 0.25) is 5.95 Å². The van der Waals surface area contributed by atoms with Crippen LogP contribution in [0, 0.1) is 13.8 Å². The molecule has 1 aliphatic rings. The van der Waals surface area contributed by atoms with Gasteiger partial charge in [0, 0.05) is 24.8 Å². The molecule has 0 fully saturated rings. The summed E-state index contributed by atoms with van der Waals surface area (Å²) in [6, 6.07) is 6.52. The van der Waals surface area contributed by atoms with Crippen LogP contribution in [0.1, 0.15) is 17.5 Å². The predicted octanol–water partition coefficient (Wildman–Crippen LogP) is 2.98. The van der Waals surface area contributed by atoms with E-state index in [4.69, 9.17) is 0 Å². The summed E-state index contributed by atoms with van der Waals surface area (Å²) in [4.78, 5) is 4.67. The lowest BCUT2D eigenvalue weighted by atomic mass is 10.0. The first kappa shape index (κ1) is 10.4. The molecule has 0 amide bonds. The molecule has 3 rings (SSSR count). The molecule has 1 aromatic heterocycles. The van der Waals surface area contributed by atoms with Crippen LogP contribution >= 0.6 is 0 Å². The van der Waals surface area contributed by atoms with E-state index in [0.717, 1.165) is 24.7 Å². The molecule has 0 spiro atoms. The monoisotopic (exact) mass is 227 g/mol. The van der Waals surface area contributed by atoms with Crippen molar-refractivity contribution in [3.05, 3.63) is 35.5 Å². The third-order valence-electron chi connectivity index (χ3n) is 3.30.